The molecule has 0 atom stereocenters. The third kappa shape index (κ3) is 5.91. The molecule has 0 saturated carbocycles. The number of hydrogen-bond donors (Lipinski definition) is 1. The van der Waals surface area contributed by atoms with Crippen molar-refractivity contribution >= 4 is 40.7 Å². The zero-order valence-electron chi connectivity index (χ0n) is 12.0. The van der Waals surface area contributed by atoms with Crippen LogP contribution in [0.1, 0.15) is 13.3 Å². The van der Waals surface area contributed by atoms with E-state index in [1.54, 1.807) is 18.2 Å². The average Bonchev–Trinajstić information content (AvgIpc) is 2.42. The summed E-state index contributed by atoms with van der Waals surface area (Å²) in [6.07, 6.45) is 0.751. The van der Waals surface area contributed by atoms with Gasteiger partial charge in [0.15, 0.2) is 0 Å². The van der Waals surface area contributed by atoms with Gasteiger partial charge < -0.3 is 15.0 Å². The van der Waals surface area contributed by atoms with E-state index in [4.69, 9.17) is 27.9 Å². The van der Waals surface area contributed by atoms with Crippen LogP contribution in [0, 0.1) is 0 Å². The number of nitrogens with zero attached hydrogens (tertiary/aromatic N) is 1. The molecule has 0 bridgehead atoms. The summed E-state index contributed by atoms with van der Waals surface area (Å²) in [4.78, 5) is 25.3. The number of benzene rings is 1. The maximum absolute atomic E-state index is 12.0. The summed E-state index contributed by atoms with van der Waals surface area (Å²) in [6.45, 7) is 2.31. The van der Waals surface area contributed by atoms with E-state index in [1.165, 1.54) is 12.0 Å². The Morgan fingerprint density at radius 1 is 1.33 bits per heavy atom. The number of ether oxygens (including phenoxy) is 1. The normalized spacial score (nSPS) is 10.3. The van der Waals surface area contributed by atoms with Crippen molar-refractivity contribution in [2.45, 2.75) is 13.3 Å². The van der Waals surface area contributed by atoms with Gasteiger partial charge in [0, 0.05) is 18.7 Å². The molecule has 21 heavy (non-hydrogen) atoms. The second-order valence-corrected chi connectivity index (χ2v) is 5.26. The summed E-state index contributed by atoms with van der Waals surface area (Å²) in [5.74, 6) is -0.566. The van der Waals surface area contributed by atoms with E-state index in [9.17, 15) is 9.59 Å². The molecule has 0 aliphatic heterocycles. The van der Waals surface area contributed by atoms with E-state index in [-0.39, 0.29) is 25.0 Å². The molecule has 0 spiro atoms. The number of halogens is 2. The number of rotatable bonds is 7. The maximum atomic E-state index is 12.0. The topological polar surface area (TPSA) is 58.6 Å². The van der Waals surface area contributed by atoms with Crippen LogP contribution >= 0.6 is 23.2 Å². The molecule has 116 valence electrons. The molecule has 0 aliphatic rings. The summed E-state index contributed by atoms with van der Waals surface area (Å²) in [6, 6.07) is 4.79. The molecule has 0 unspecified atom stereocenters. The first-order valence-electron chi connectivity index (χ1n) is 6.49. The minimum Gasteiger partial charge on any atom is -0.375 e. The Bertz CT molecular complexity index is 509. The molecule has 1 N–H and O–H groups in total. The zero-order valence-corrected chi connectivity index (χ0v) is 13.5. The SMILES string of the molecule is CCCN(CC(=O)Nc1cc(Cl)ccc1Cl)C(=O)COC. The quantitative estimate of drug-likeness (QED) is 0.835. The van der Waals surface area contributed by atoms with Crippen LogP contribution in [0.4, 0.5) is 5.69 Å². The predicted octanol–water partition coefficient (Wildman–Crippen LogP) is 2.82. The van der Waals surface area contributed by atoms with Gasteiger partial charge in [-0.3, -0.25) is 9.59 Å². The zero-order chi connectivity index (χ0) is 15.8. The van der Waals surface area contributed by atoms with Crippen LogP contribution in [-0.2, 0) is 14.3 Å². The van der Waals surface area contributed by atoms with Gasteiger partial charge in [-0.15, -0.1) is 0 Å². The molecule has 1 aromatic rings. The Kier molecular flexibility index (Phi) is 7.50. The fraction of sp³-hybridized carbons (Fsp3) is 0.429. The number of methoxy groups -OCH3 is 1. The van der Waals surface area contributed by atoms with Gasteiger partial charge in [-0.2, -0.15) is 0 Å². The van der Waals surface area contributed by atoms with Gasteiger partial charge >= 0.3 is 0 Å². The molecular weight excluding hydrogens is 315 g/mol. The van der Waals surface area contributed by atoms with Crippen LogP contribution in [0.5, 0.6) is 0 Å². The lowest BCUT2D eigenvalue weighted by Crippen LogP contribution is -2.40. The van der Waals surface area contributed by atoms with Crippen molar-refractivity contribution in [1.82, 2.24) is 4.90 Å². The second-order valence-electron chi connectivity index (χ2n) is 4.42. The Hall–Kier alpha value is -1.30. The predicted molar refractivity (Wildman–Crippen MR) is 83.8 cm³/mol. The molecular formula is C14H18Cl2N2O3. The fourth-order valence-electron chi connectivity index (χ4n) is 1.73. The highest BCUT2D eigenvalue weighted by atomic mass is 35.5. The van der Waals surface area contributed by atoms with E-state index in [0.717, 1.165) is 6.42 Å². The molecule has 7 heteroatoms. The largest absolute Gasteiger partial charge is 0.375 e. The van der Waals surface area contributed by atoms with E-state index in [2.05, 4.69) is 5.32 Å². The Balaban J connectivity index is 2.69. The lowest BCUT2D eigenvalue weighted by Gasteiger charge is -2.21. The first kappa shape index (κ1) is 17.8. The van der Waals surface area contributed by atoms with Crippen LogP contribution in [0.15, 0.2) is 18.2 Å². The highest BCUT2D eigenvalue weighted by molar-refractivity contribution is 6.35. The molecule has 0 aromatic heterocycles. The van der Waals surface area contributed by atoms with Crippen LogP contribution < -0.4 is 5.32 Å². The summed E-state index contributed by atoms with van der Waals surface area (Å²) in [5, 5.41) is 3.50. The van der Waals surface area contributed by atoms with E-state index in [1.807, 2.05) is 6.92 Å². The molecule has 1 aromatic carbocycles. The van der Waals surface area contributed by atoms with Crippen molar-refractivity contribution in [3.05, 3.63) is 28.2 Å². The van der Waals surface area contributed by atoms with E-state index >= 15 is 0 Å². The molecule has 2 amide bonds. The van der Waals surface area contributed by atoms with Crippen LogP contribution in [0.25, 0.3) is 0 Å². The molecule has 0 saturated heterocycles. The molecule has 0 aliphatic carbocycles. The van der Waals surface area contributed by atoms with Crippen molar-refractivity contribution < 1.29 is 14.3 Å². The highest BCUT2D eigenvalue weighted by Crippen LogP contribution is 2.25. The van der Waals surface area contributed by atoms with Crippen molar-refractivity contribution in [2.24, 2.45) is 0 Å². The van der Waals surface area contributed by atoms with Crippen LogP contribution in [-0.4, -0.2) is 43.5 Å². The molecule has 0 heterocycles. The Morgan fingerprint density at radius 3 is 2.67 bits per heavy atom. The lowest BCUT2D eigenvalue weighted by molar-refractivity contribution is -0.138. The first-order valence-corrected chi connectivity index (χ1v) is 7.25. The number of carbonyl (C=O) groups excluding carboxylic acids is 2. The molecule has 5 nitrogen and oxygen atoms in total. The minimum absolute atomic E-state index is 0.0504. The first-order chi connectivity index (χ1) is 9.97. The number of anilines is 1. The van der Waals surface area contributed by atoms with E-state index < -0.39 is 0 Å². The van der Waals surface area contributed by atoms with Crippen LogP contribution in [0.2, 0.25) is 10.0 Å². The third-order valence-electron chi connectivity index (χ3n) is 2.65. The monoisotopic (exact) mass is 332 g/mol. The van der Waals surface area contributed by atoms with Crippen LogP contribution in [0.3, 0.4) is 0 Å². The van der Waals surface area contributed by atoms with E-state index in [0.29, 0.717) is 22.3 Å². The maximum Gasteiger partial charge on any atom is 0.249 e. The summed E-state index contributed by atoms with van der Waals surface area (Å²) in [5.41, 5.74) is 0.421. The number of amides is 2. The Morgan fingerprint density at radius 2 is 2.05 bits per heavy atom. The van der Waals surface area contributed by atoms with Crippen molar-refractivity contribution in [2.75, 3.05) is 32.1 Å². The van der Waals surface area contributed by atoms with Gasteiger partial charge in [0.1, 0.15) is 6.61 Å². The summed E-state index contributed by atoms with van der Waals surface area (Å²) >= 11 is 11.8. The Labute approximate surface area is 134 Å². The van der Waals surface area contributed by atoms with Gasteiger partial charge in [0.25, 0.3) is 0 Å². The summed E-state index contributed by atoms with van der Waals surface area (Å²) < 4.78 is 4.80. The third-order valence-corrected chi connectivity index (χ3v) is 3.22. The van der Waals surface area contributed by atoms with Gasteiger partial charge in [0.05, 0.1) is 17.3 Å². The number of hydrogen-bond acceptors (Lipinski definition) is 3. The molecule has 1 rings (SSSR count). The van der Waals surface area contributed by atoms with Crippen molar-refractivity contribution in [1.29, 1.82) is 0 Å². The van der Waals surface area contributed by atoms with Gasteiger partial charge in [-0.25, -0.2) is 0 Å². The highest BCUT2D eigenvalue weighted by Gasteiger charge is 2.16. The second kappa shape index (κ2) is 8.87. The lowest BCUT2D eigenvalue weighted by atomic mass is 10.3. The molecule has 0 radical (unpaired) electrons. The number of nitrogens with one attached hydrogen (secondary N) is 1. The summed E-state index contributed by atoms with van der Waals surface area (Å²) in [7, 11) is 1.44. The minimum atomic E-state index is -0.336. The van der Waals surface area contributed by atoms with Gasteiger partial charge in [0.2, 0.25) is 11.8 Å². The molecule has 0 fully saturated rings. The van der Waals surface area contributed by atoms with Gasteiger partial charge in [-0.05, 0) is 24.6 Å². The smallest absolute Gasteiger partial charge is 0.249 e. The average molecular weight is 333 g/mol. The standard InChI is InChI=1S/C14H18Cl2N2O3/c1-3-6-18(14(20)9-21-2)8-13(19)17-12-7-10(15)4-5-11(12)16/h4-5,7H,3,6,8-9H2,1-2H3,(H,17,19). The van der Waals surface area contributed by atoms with Crippen molar-refractivity contribution in [3.63, 3.8) is 0 Å². The van der Waals surface area contributed by atoms with Crippen molar-refractivity contribution in [3.8, 4) is 0 Å². The fourth-order valence-corrected chi connectivity index (χ4v) is 2.07. The number of carbonyl (C=O) groups is 2. The van der Waals surface area contributed by atoms with Gasteiger partial charge in [-0.1, -0.05) is 30.1 Å².